The summed E-state index contributed by atoms with van der Waals surface area (Å²) < 4.78 is 0. The summed E-state index contributed by atoms with van der Waals surface area (Å²) in [6.07, 6.45) is 3.63. The van der Waals surface area contributed by atoms with E-state index in [4.69, 9.17) is 0 Å². The van der Waals surface area contributed by atoms with Gasteiger partial charge >= 0.3 is 0 Å². The van der Waals surface area contributed by atoms with Crippen molar-refractivity contribution < 1.29 is 4.79 Å². The number of nitrogens with zero attached hydrogens (tertiary/aromatic N) is 2. The maximum Gasteiger partial charge on any atom is 0.239 e. The van der Waals surface area contributed by atoms with E-state index < -0.39 is 0 Å². The molecule has 0 bridgehead atoms. The molecule has 1 N–H and O–H groups in total. The van der Waals surface area contributed by atoms with Crippen LogP contribution in [0, 0.1) is 5.41 Å². The van der Waals surface area contributed by atoms with Gasteiger partial charge in [0.25, 0.3) is 0 Å². The molecule has 98 valence electrons. The summed E-state index contributed by atoms with van der Waals surface area (Å²) >= 11 is 0. The smallest absolute Gasteiger partial charge is 0.239 e. The van der Waals surface area contributed by atoms with E-state index in [1.165, 1.54) is 19.3 Å². The van der Waals surface area contributed by atoms with E-state index in [-0.39, 0.29) is 11.9 Å². The van der Waals surface area contributed by atoms with Crippen LogP contribution in [0.4, 0.5) is 0 Å². The normalized spacial score (nSPS) is 25.5. The van der Waals surface area contributed by atoms with Crippen molar-refractivity contribution in [2.75, 3.05) is 40.3 Å². The maximum atomic E-state index is 12.2. The second kappa shape index (κ2) is 4.94. The van der Waals surface area contributed by atoms with Crippen molar-refractivity contribution in [3.05, 3.63) is 0 Å². The van der Waals surface area contributed by atoms with Crippen molar-refractivity contribution in [2.45, 2.75) is 32.2 Å². The molecule has 0 aromatic rings. The quantitative estimate of drug-likeness (QED) is 0.764. The molecular weight excluding hydrogens is 214 g/mol. The molecule has 4 nitrogen and oxygen atoms in total. The predicted molar refractivity (Wildman–Crippen MR) is 68.9 cm³/mol. The van der Waals surface area contributed by atoms with Gasteiger partial charge in [-0.2, -0.15) is 0 Å². The fourth-order valence-corrected chi connectivity index (χ4v) is 2.91. The average Bonchev–Trinajstić information content (AvgIpc) is 2.76. The van der Waals surface area contributed by atoms with Gasteiger partial charge in [-0.25, -0.2) is 0 Å². The molecule has 4 heteroatoms. The number of likely N-dealkylation sites (tertiary alicyclic amines) is 1. The standard InChI is InChI=1S/C13H25N3O/c1-11(15(2)3)12(17)16-8-5-13(6-9-16)4-7-14-10-13/h11,14H,4-10H2,1-3H3/t11-/m1/s1. The lowest BCUT2D eigenvalue weighted by Gasteiger charge is -2.40. The fraction of sp³-hybridized carbons (Fsp3) is 0.923. The summed E-state index contributed by atoms with van der Waals surface area (Å²) in [4.78, 5) is 16.3. The van der Waals surface area contributed by atoms with Gasteiger partial charge in [0.15, 0.2) is 0 Å². The summed E-state index contributed by atoms with van der Waals surface area (Å²) in [5.74, 6) is 0.288. The summed E-state index contributed by atoms with van der Waals surface area (Å²) in [6, 6.07) is 0.00533. The Morgan fingerprint density at radius 2 is 1.94 bits per heavy atom. The Kier molecular flexibility index (Phi) is 3.73. The molecule has 2 heterocycles. The van der Waals surface area contributed by atoms with Gasteiger partial charge in [-0.15, -0.1) is 0 Å². The van der Waals surface area contributed by atoms with Crippen LogP contribution in [0.15, 0.2) is 0 Å². The number of likely N-dealkylation sites (N-methyl/N-ethyl adjacent to an activating group) is 1. The first-order chi connectivity index (χ1) is 8.04. The number of hydrogen-bond donors (Lipinski definition) is 1. The van der Waals surface area contributed by atoms with E-state index >= 15 is 0 Å². The van der Waals surface area contributed by atoms with Gasteiger partial charge < -0.3 is 10.2 Å². The van der Waals surface area contributed by atoms with Gasteiger partial charge in [0, 0.05) is 19.6 Å². The molecule has 2 fully saturated rings. The first-order valence-corrected chi connectivity index (χ1v) is 6.70. The molecule has 2 saturated heterocycles. The lowest BCUT2D eigenvalue weighted by molar-refractivity contribution is -0.137. The zero-order valence-corrected chi connectivity index (χ0v) is 11.3. The highest BCUT2D eigenvalue weighted by atomic mass is 16.2. The van der Waals surface area contributed by atoms with Gasteiger partial charge in [0.05, 0.1) is 6.04 Å². The highest BCUT2D eigenvalue weighted by Gasteiger charge is 2.38. The minimum Gasteiger partial charge on any atom is -0.341 e. The topological polar surface area (TPSA) is 35.6 Å². The molecule has 0 saturated carbocycles. The van der Waals surface area contributed by atoms with Crippen LogP contribution in [0.5, 0.6) is 0 Å². The van der Waals surface area contributed by atoms with Crippen LogP contribution in [0.25, 0.3) is 0 Å². The lowest BCUT2D eigenvalue weighted by atomic mass is 9.78. The van der Waals surface area contributed by atoms with E-state index in [2.05, 4.69) is 5.32 Å². The van der Waals surface area contributed by atoms with Crippen molar-refractivity contribution in [1.29, 1.82) is 0 Å². The van der Waals surface area contributed by atoms with Gasteiger partial charge in [0.1, 0.15) is 0 Å². The third kappa shape index (κ3) is 2.63. The van der Waals surface area contributed by atoms with Crippen LogP contribution in [0.3, 0.4) is 0 Å². The molecule has 0 radical (unpaired) electrons. The van der Waals surface area contributed by atoms with Crippen molar-refractivity contribution in [3.8, 4) is 0 Å². The number of piperidine rings is 1. The zero-order valence-electron chi connectivity index (χ0n) is 11.3. The monoisotopic (exact) mass is 239 g/mol. The summed E-state index contributed by atoms with van der Waals surface area (Å²) in [5.41, 5.74) is 0.498. The number of amides is 1. The number of nitrogens with one attached hydrogen (secondary N) is 1. The van der Waals surface area contributed by atoms with Crippen LogP contribution in [-0.4, -0.2) is 62.0 Å². The van der Waals surface area contributed by atoms with E-state index in [0.29, 0.717) is 5.41 Å². The zero-order chi connectivity index (χ0) is 12.5. The van der Waals surface area contributed by atoms with Crippen LogP contribution >= 0.6 is 0 Å². The van der Waals surface area contributed by atoms with Crippen molar-refractivity contribution >= 4 is 5.91 Å². The molecule has 0 aromatic heterocycles. The maximum absolute atomic E-state index is 12.2. The Labute approximate surface area is 104 Å². The van der Waals surface area contributed by atoms with Gasteiger partial charge in [-0.05, 0) is 52.2 Å². The van der Waals surface area contributed by atoms with Crippen molar-refractivity contribution in [3.63, 3.8) is 0 Å². The highest BCUT2D eigenvalue weighted by molar-refractivity contribution is 5.81. The largest absolute Gasteiger partial charge is 0.341 e. The minimum atomic E-state index is 0.00533. The molecular formula is C13H25N3O. The molecule has 1 amide bonds. The van der Waals surface area contributed by atoms with Crippen LogP contribution in [0.2, 0.25) is 0 Å². The summed E-state index contributed by atoms with van der Waals surface area (Å²) in [6.45, 7) is 6.18. The Morgan fingerprint density at radius 3 is 2.41 bits per heavy atom. The van der Waals surface area contributed by atoms with E-state index in [0.717, 1.165) is 26.2 Å². The van der Waals surface area contributed by atoms with Crippen LogP contribution < -0.4 is 5.32 Å². The lowest BCUT2D eigenvalue weighted by Crippen LogP contribution is -2.49. The van der Waals surface area contributed by atoms with Crippen molar-refractivity contribution in [1.82, 2.24) is 15.1 Å². The summed E-state index contributed by atoms with van der Waals surface area (Å²) in [5, 5.41) is 3.46. The molecule has 1 atom stereocenters. The third-order valence-corrected chi connectivity index (χ3v) is 4.60. The molecule has 1 spiro atoms. The third-order valence-electron chi connectivity index (χ3n) is 4.60. The fourth-order valence-electron chi connectivity index (χ4n) is 2.91. The van der Waals surface area contributed by atoms with Crippen LogP contribution in [0.1, 0.15) is 26.2 Å². The van der Waals surface area contributed by atoms with Gasteiger partial charge in [0.2, 0.25) is 5.91 Å². The molecule has 2 rings (SSSR count). The second-order valence-electron chi connectivity index (χ2n) is 5.89. The molecule has 0 unspecified atom stereocenters. The number of hydrogen-bond acceptors (Lipinski definition) is 3. The minimum absolute atomic E-state index is 0.00533. The van der Waals surface area contributed by atoms with E-state index in [1.807, 2.05) is 30.8 Å². The number of rotatable bonds is 2. The van der Waals surface area contributed by atoms with Gasteiger partial charge in [-0.1, -0.05) is 0 Å². The Morgan fingerprint density at radius 1 is 1.29 bits per heavy atom. The predicted octanol–water partition coefficient (Wildman–Crippen LogP) is 0.539. The average molecular weight is 239 g/mol. The second-order valence-corrected chi connectivity index (χ2v) is 5.89. The SMILES string of the molecule is C[C@H](C(=O)N1CCC2(CCNC2)CC1)N(C)C. The van der Waals surface area contributed by atoms with Gasteiger partial charge in [-0.3, -0.25) is 9.69 Å². The molecule has 2 aliphatic rings. The molecule has 0 aromatic carbocycles. The first-order valence-electron chi connectivity index (χ1n) is 6.70. The van der Waals surface area contributed by atoms with Crippen molar-refractivity contribution in [2.24, 2.45) is 5.41 Å². The Balaban J connectivity index is 1.88. The Bertz CT molecular complexity index is 274. The molecule has 0 aliphatic carbocycles. The Hall–Kier alpha value is -0.610. The summed E-state index contributed by atoms with van der Waals surface area (Å²) in [7, 11) is 3.93. The van der Waals surface area contributed by atoms with E-state index in [9.17, 15) is 4.79 Å². The van der Waals surface area contributed by atoms with E-state index in [1.54, 1.807) is 0 Å². The first kappa shape index (κ1) is 12.8. The number of carbonyl (C=O) groups excluding carboxylic acids is 1. The molecule has 2 aliphatic heterocycles. The highest BCUT2D eigenvalue weighted by Crippen LogP contribution is 2.36. The molecule has 17 heavy (non-hydrogen) atoms. The van der Waals surface area contributed by atoms with Crippen LogP contribution in [-0.2, 0) is 4.79 Å². The number of carbonyl (C=O) groups is 1.